The summed E-state index contributed by atoms with van der Waals surface area (Å²) in [6, 6.07) is 4.75. The van der Waals surface area contributed by atoms with Crippen molar-refractivity contribution in [3.05, 3.63) is 29.8 Å². The molecule has 0 aliphatic heterocycles. The fourth-order valence-corrected chi connectivity index (χ4v) is 1.46. The van der Waals surface area contributed by atoms with Gasteiger partial charge in [-0.3, -0.25) is 4.79 Å². The van der Waals surface area contributed by atoms with E-state index < -0.39 is 6.36 Å². The standard InChI is InChI=1S/C14H14F3NO2/c1-2-3-4-5-10-18-13(19)11-6-8-12(9-7-11)20-14(15,16)17/h1,6-9H,3-5,10H2,(H,18,19). The summed E-state index contributed by atoms with van der Waals surface area (Å²) in [6.07, 6.45) is 2.58. The predicted octanol–water partition coefficient (Wildman–Crippen LogP) is 3.12. The molecule has 0 aliphatic carbocycles. The first-order chi connectivity index (χ1) is 9.42. The van der Waals surface area contributed by atoms with Gasteiger partial charge in [-0.05, 0) is 37.1 Å². The van der Waals surface area contributed by atoms with E-state index >= 15 is 0 Å². The van der Waals surface area contributed by atoms with Crippen LogP contribution in [0.25, 0.3) is 0 Å². The molecule has 6 heteroatoms. The number of terminal acetylenes is 1. The summed E-state index contributed by atoms with van der Waals surface area (Å²) >= 11 is 0. The minimum atomic E-state index is -4.74. The van der Waals surface area contributed by atoms with Gasteiger partial charge in [0.25, 0.3) is 5.91 Å². The molecule has 0 spiro atoms. The summed E-state index contributed by atoms with van der Waals surface area (Å²) in [5, 5.41) is 2.65. The Hall–Kier alpha value is -2.16. The van der Waals surface area contributed by atoms with Gasteiger partial charge in [-0.1, -0.05) is 0 Å². The second kappa shape index (κ2) is 7.43. The van der Waals surface area contributed by atoms with Gasteiger partial charge in [0, 0.05) is 18.5 Å². The molecule has 0 saturated carbocycles. The van der Waals surface area contributed by atoms with Crippen LogP contribution in [0.1, 0.15) is 29.6 Å². The summed E-state index contributed by atoms with van der Waals surface area (Å²) in [6.45, 7) is 0.474. The molecule has 0 unspecified atom stereocenters. The highest BCUT2D eigenvalue weighted by Crippen LogP contribution is 2.22. The zero-order chi connectivity index (χ0) is 15.0. The maximum atomic E-state index is 12.0. The number of alkyl halides is 3. The van der Waals surface area contributed by atoms with Crippen LogP contribution in [0, 0.1) is 12.3 Å². The zero-order valence-corrected chi connectivity index (χ0v) is 10.7. The van der Waals surface area contributed by atoms with Crippen molar-refractivity contribution in [2.24, 2.45) is 0 Å². The SMILES string of the molecule is C#CCCCCNC(=O)c1ccc(OC(F)(F)F)cc1. The van der Waals surface area contributed by atoms with Crippen LogP contribution >= 0.6 is 0 Å². The van der Waals surface area contributed by atoms with Crippen LogP contribution in [0.15, 0.2) is 24.3 Å². The summed E-state index contributed by atoms with van der Waals surface area (Å²) in [4.78, 5) is 11.7. The van der Waals surface area contributed by atoms with Crippen LogP contribution in [0.2, 0.25) is 0 Å². The number of rotatable bonds is 6. The smallest absolute Gasteiger partial charge is 0.406 e. The van der Waals surface area contributed by atoms with Crippen molar-refractivity contribution >= 4 is 5.91 Å². The molecule has 0 saturated heterocycles. The number of carbonyl (C=O) groups is 1. The molecule has 1 rings (SSSR count). The maximum absolute atomic E-state index is 12.0. The van der Waals surface area contributed by atoms with Crippen LogP contribution in [-0.2, 0) is 0 Å². The van der Waals surface area contributed by atoms with Crippen LogP contribution < -0.4 is 10.1 Å². The quantitative estimate of drug-likeness (QED) is 0.644. The van der Waals surface area contributed by atoms with E-state index in [4.69, 9.17) is 6.42 Å². The molecule has 108 valence electrons. The lowest BCUT2D eigenvalue weighted by molar-refractivity contribution is -0.274. The summed E-state index contributed by atoms with van der Waals surface area (Å²) in [5.41, 5.74) is 0.275. The normalized spacial score (nSPS) is 10.7. The van der Waals surface area contributed by atoms with E-state index in [9.17, 15) is 18.0 Å². The average molecular weight is 285 g/mol. The molecule has 1 aromatic carbocycles. The highest BCUT2D eigenvalue weighted by molar-refractivity contribution is 5.94. The third kappa shape index (κ3) is 6.14. The summed E-state index contributed by atoms with van der Waals surface area (Å²) in [7, 11) is 0. The van der Waals surface area contributed by atoms with Crippen molar-refractivity contribution in [3.8, 4) is 18.1 Å². The molecule has 0 heterocycles. The van der Waals surface area contributed by atoms with Gasteiger partial charge in [-0.2, -0.15) is 0 Å². The van der Waals surface area contributed by atoms with Crippen molar-refractivity contribution in [3.63, 3.8) is 0 Å². The Morgan fingerprint density at radius 2 is 1.90 bits per heavy atom. The molecule has 0 aliphatic rings. The molecule has 0 bridgehead atoms. The third-order valence-electron chi connectivity index (χ3n) is 2.38. The number of hydrogen-bond donors (Lipinski definition) is 1. The molecule has 0 atom stereocenters. The number of halogens is 3. The molecule has 0 aromatic heterocycles. The predicted molar refractivity (Wildman–Crippen MR) is 68.1 cm³/mol. The Morgan fingerprint density at radius 3 is 2.45 bits per heavy atom. The second-order valence-electron chi connectivity index (χ2n) is 3.99. The van der Waals surface area contributed by atoms with Crippen molar-refractivity contribution < 1.29 is 22.7 Å². The fourth-order valence-electron chi connectivity index (χ4n) is 1.46. The van der Waals surface area contributed by atoms with Gasteiger partial charge >= 0.3 is 6.36 Å². The molecule has 20 heavy (non-hydrogen) atoms. The Balaban J connectivity index is 2.44. The van der Waals surface area contributed by atoms with Crippen LogP contribution in [0.4, 0.5) is 13.2 Å². The van der Waals surface area contributed by atoms with Gasteiger partial charge < -0.3 is 10.1 Å². The molecular formula is C14H14F3NO2. The van der Waals surface area contributed by atoms with E-state index in [1.165, 1.54) is 12.1 Å². The number of unbranched alkanes of at least 4 members (excludes halogenated alkanes) is 2. The highest BCUT2D eigenvalue weighted by Gasteiger charge is 2.31. The average Bonchev–Trinajstić information content (AvgIpc) is 2.37. The van der Waals surface area contributed by atoms with Gasteiger partial charge in [0.05, 0.1) is 0 Å². The Labute approximate surface area is 115 Å². The molecule has 3 nitrogen and oxygen atoms in total. The topological polar surface area (TPSA) is 38.3 Å². The Morgan fingerprint density at radius 1 is 1.25 bits per heavy atom. The van der Waals surface area contributed by atoms with Crippen LogP contribution in [0.3, 0.4) is 0 Å². The number of nitrogens with one attached hydrogen (secondary N) is 1. The van der Waals surface area contributed by atoms with Gasteiger partial charge in [0.1, 0.15) is 5.75 Å². The fraction of sp³-hybridized carbons (Fsp3) is 0.357. The van der Waals surface area contributed by atoms with E-state index in [0.29, 0.717) is 13.0 Å². The van der Waals surface area contributed by atoms with Gasteiger partial charge in [-0.25, -0.2) is 0 Å². The largest absolute Gasteiger partial charge is 0.573 e. The van der Waals surface area contributed by atoms with Gasteiger partial charge in [-0.15, -0.1) is 25.5 Å². The van der Waals surface area contributed by atoms with Crippen molar-refractivity contribution in [2.75, 3.05) is 6.54 Å². The molecule has 1 amide bonds. The lowest BCUT2D eigenvalue weighted by atomic mass is 10.2. The molecule has 0 fully saturated rings. The zero-order valence-electron chi connectivity index (χ0n) is 10.7. The first kappa shape index (κ1) is 15.9. The number of amides is 1. The number of ether oxygens (including phenoxy) is 1. The highest BCUT2D eigenvalue weighted by atomic mass is 19.4. The molecule has 1 N–H and O–H groups in total. The Bertz CT molecular complexity index is 475. The maximum Gasteiger partial charge on any atom is 0.573 e. The van der Waals surface area contributed by atoms with Crippen LogP contribution in [0.5, 0.6) is 5.75 Å². The van der Waals surface area contributed by atoms with E-state index in [1.54, 1.807) is 0 Å². The monoisotopic (exact) mass is 285 g/mol. The van der Waals surface area contributed by atoms with Gasteiger partial charge in [0.15, 0.2) is 0 Å². The second-order valence-corrected chi connectivity index (χ2v) is 3.99. The third-order valence-corrected chi connectivity index (χ3v) is 2.38. The summed E-state index contributed by atoms with van der Waals surface area (Å²) in [5.74, 6) is 1.79. The van der Waals surface area contributed by atoms with E-state index in [2.05, 4.69) is 16.0 Å². The van der Waals surface area contributed by atoms with Crippen molar-refractivity contribution in [2.45, 2.75) is 25.6 Å². The molecule has 0 radical (unpaired) electrons. The van der Waals surface area contributed by atoms with E-state index in [-0.39, 0.29) is 17.2 Å². The summed E-state index contributed by atoms with van der Waals surface area (Å²) < 4.78 is 39.6. The van der Waals surface area contributed by atoms with Crippen LogP contribution in [-0.4, -0.2) is 18.8 Å². The van der Waals surface area contributed by atoms with Gasteiger partial charge in [0.2, 0.25) is 0 Å². The minimum Gasteiger partial charge on any atom is -0.406 e. The van der Waals surface area contributed by atoms with E-state index in [1.807, 2.05) is 0 Å². The molecule has 1 aromatic rings. The lowest BCUT2D eigenvalue weighted by Gasteiger charge is -2.09. The van der Waals surface area contributed by atoms with E-state index in [0.717, 1.165) is 25.0 Å². The lowest BCUT2D eigenvalue weighted by Crippen LogP contribution is -2.24. The first-order valence-corrected chi connectivity index (χ1v) is 6.00. The van der Waals surface area contributed by atoms with Crippen molar-refractivity contribution in [1.29, 1.82) is 0 Å². The Kier molecular flexibility index (Phi) is 5.91. The number of benzene rings is 1. The van der Waals surface area contributed by atoms with Crippen molar-refractivity contribution in [1.82, 2.24) is 5.32 Å². The minimum absolute atomic E-state index is 0.275. The number of hydrogen-bond acceptors (Lipinski definition) is 2. The number of carbonyl (C=O) groups excluding carboxylic acids is 1. The molecular weight excluding hydrogens is 271 g/mol. The first-order valence-electron chi connectivity index (χ1n) is 6.00.